The molecule has 0 amide bonds. The summed E-state index contributed by atoms with van der Waals surface area (Å²) in [4.78, 5) is 3.87. The van der Waals surface area contributed by atoms with E-state index in [1.165, 1.54) is 7.11 Å². The summed E-state index contributed by atoms with van der Waals surface area (Å²) >= 11 is 1.85. The summed E-state index contributed by atoms with van der Waals surface area (Å²) in [6.45, 7) is 1.74. The monoisotopic (exact) mass is 299 g/mol. The molecule has 1 rings (SSSR count). The van der Waals surface area contributed by atoms with Crippen LogP contribution in [0, 0.1) is 10.5 Å². The van der Waals surface area contributed by atoms with Crippen LogP contribution >= 0.6 is 22.6 Å². The minimum absolute atomic E-state index is 0.0133. The van der Waals surface area contributed by atoms with Crippen molar-refractivity contribution in [3.05, 3.63) is 20.9 Å². The molecule has 0 unspecified atom stereocenters. The van der Waals surface area contributed by atoms with Crippen molar-refractivity contribution in [2.45, 2.75) is 13.3 Å². The Balaban J connectivity index is 3.30. The molecular weight excluding hydrogens is 291 g/mol. The van der Waals surface area contributed by atoms with E-state index in [-0.39, 0.29) is 11.4 Å². The van der Waals surface area contributed by atoms with Crippen molar-refractivity contribution < 1.29 is 13.5 Å². The van der Waals surface area contributed by atoms with Gasteiger partial charge in [0.25, 0.3) is 6.43 Å². The molecule has 72 valence electrons. The number of aryl methyl sites for hydroxylation is 1. The van der Waals surface area contributed by atoms with E-state index < -0.39 is 6.43 Å². The van der Waals surface area contributed by atoms with Crippen LogP contribution in [0.2, 0.25) is 0 Å². The van der Waals surface area contributed by atoms with Crippen molar-refractivity contribution in [1.82, 2.24) is 4.98 Å². The Morgan fingerprint density at radius 2 is 2.15 bits per heavy atom. The van der Waals surface area contributed by atoms with Crippen LogP contribution in [0.3, 0.4) is 0 Å². The smallest absolute Gasteiger partial charge is 0.270 e. The van der Waals surface area contributed by atoms with E-state index in [0.29, 0.717) is 9.26 Å². The molecule has 0 fully saturated rings. The first-order valence-electron chi connectivity index (χ1n) is 3.55. The van der Waals surface area contributed by atoms with Gasteiger partial charge in [-0.05, 0) is 35.6 Å². The van der Waals surface area contributed by atoms with Gasteiger partial charge in [-0.3, -0.25) is 0 Å². The Kier molecular flexibility index (Phi) is 3.40. The lowest BCUT2D eigenvalue weighted by molar-refractivity contribution is 0.145. The fraction of sp³-hybridized carbons (Fsp3) is 0.375. The van der Waals surface area contributed by atoms with E-state index in [4.69, 9.17) is 4.74 Å². The topological polar surface area (TPSA) is 22.1 Å². The van der Waals surface area contributed by atoms with E-state index in [1.54, 1.807) is 13.0 Å². The molecular formula is C8H8F2INO. The predicted octanol–water partition coefficient (Wildman–Crippen LogP) is 2.94. The SMILES string of the molecule is COc1nc(C)cc(I)c1C(F)F. The number of aromatic nitrogens is 1. The van der Waals surface area contributed by atoms with E-state index in [0.717, 1.165) is 0 Å². The first-order chi connectivity index (χ1) is 6.06. The highest BCUT2D eigenvalue weighted by Crippen LogP contribution is 2.31. The van der Waals surface area contributed by atoms with Crippen molar-refractivity contribution >= 4 is 22.6 Å². The summed E-state index contributed by atoms with van der Waals surface area (Å²) < 4.78 is 30.2. The maximum atomic E-state index is 12.5. The molecule has 1 aromatic heterocycles. The summed E-state index contributed by atoms with van der Waals surface area (Å²) in [6.07, 6.45) is -2.55. The Morgan fingerprint density at radius 3 is 2.62 bits per heavy atom. The van der Waals surface area contributed by atoms with Gasteiger partial charge in [0.1, 0.15) is 0 Å². The van der Waals surface area contributed by atoms with E-state index in [9.17, 15) is 8.78 Å². The summed E-state index contributed by atoms with van der Waals surface area (Å²) in [5.41, 5.74) is 0.541. The predicted molar refractivity (Wildman–Crippen MR) is 53.2 cm³/mol. The molecule has 0 atom stereocenters. The van der Waals surface area contributed by atoms with Crippen LogP contribution in [0.4, 0.5) is 8.78 Å². The second-order valence-corrected chi connectivity index (χ2v) is 3.63. The summed E-state index contributed by atoms with van der Waals surface area (Å²) in [6, 6.07) is 1.60. The minimum atomic E-state index is -2.55. The number of hydrogen-bond donors (Lipinski definition) is 0. The maximum Gasteiger partial charge on any atom is 0.270 e. The van der Waals surface area contributed by atoms with Crippen LogP contribution in [-0.2, 0) is 0 Å². The van der Waals surface area contributed by atoms with Crippen LogP contribution in [0.15, 0.2) is 6.07 Å². The van der Waals surface area contributed by atoms with Crippen LogP contribution < -0.4 is 4.74 Å². The third-order valence-electron chi connectivity index (χ3n) is 1.51. The standard InChI is InChI=1S/C8H8F2INO/c1-4-3-5(11)6(7(9)10)8(12-4)13-2/h3,7H,1-2H3. The molecule has 1 aromatic rings. The lowest BCUT2D eigenvalue weighted by Crippen LogP contribution is -2.00. The zero-order valence-electron chi connectivity index (χ0n) is 7.14. The highest BCUT2D eigenvalue weighted by atomic mass is 127. The van der Waals surface area contributed by atoms with Crippen LogP contribution in [0.1, 0.15) is 17.7 Å². The molecule has 0 aliphatic carbocycles. The molecule has 0 spiro atoms. The summed E-state index contributed by atoms with van der Waals surface area (Å²) in [5.74, 6) is 0.0133. The second kappa shape index (κ2) is 4.17. The largest absolute Gasteiger partial charge is 0.481 e. The molecule has 0 aliphatic heterocycles. The highest BCUT2D eigenvalue weighted by Gasteiger charge is 2.19. The Bertz CT molecular complexity index is 317. The third kappa shape index (κ3) is 2.26. The Hall–Kier alpha value is -0.460. The van der Waals surface area contributed by atoms with Crippen molar-refractivity contribution in [1.29, 1.82) is 0 Å². The van der Waals surface area contributed by atoms with E-state index in [2.05, 4.69) is 4.98 Å². The molecule has 0 N–H and O–H groups in total. The Morgan fingerprint density at radius 1 is 1.54 bits per heavy atom. The van der Waals surface area contributed by atoms with Crippen LogP contribution in [-0.4, -0.2) is 12.1 Å². The molecule has 5 heteroatoms. The van der Waals surface area contributed by atoms with Gasteiger partial charge in [0.15, 0.2) is 0 Å². The van der Waals surface area contributed by atoms with Crippen molar-refractivity contribution in [2.75, 3.05) is 7.11 Å². The fourth-order valence-electron chi connectivity index (χ4n) is 0.969. The molecule has 0 bridgehead atoms. The van der Waals surface area contributed by atoms with Gasteiger partial charge in [-0.2, -0.15) is 0 Å². The maximum absolute atomic E-state index is 12.5. The number of pyridine rings is 1. The summed E-state index contributed by atoms with van der Waals surface area (Å²) in [5, 5.41) is 0. The van der Waals surface area contributed by atoms with Crippen molar-refractivity contribution in [3.63, 3.8) is 0 Å². The van der Waals surface area contributed by atoms with Gasteiger partial charge in [0.2, 0.25) is 5.88 Å². The van der Waals surface area contributed by atoms with Gasteiger partial charge in [0.05, 0.1) is 12.7 Å². The normalized spacial score (nSPS) is 10.6. The Labute approximate surface area is 88.5 Å². The first kappa shape index (κ1) is 10.6. The van der Waals surface area contributed by atoms with E-state index in [1.807, 2.05) is 22.6 Å². The summed E-state index contributed by atoms with van der Waals surface area (Å²) in [7, 11) is 1.34. The molecule has 0 aromatic carbocycles. The van der Waals surface area contributed by atoms with Gasteiger partial charge in [-0.15, -0.1) is 0 Å². The van der Waals surface area contributed by atoms with Crippen LogP contribution in [0.25, 0.3) is 0 Å². The van der Waals surface area contributed by atoms with Crippen molar-refractivity contribution in [3.8, 4) is 5.88 Å². The van der Waals surface area contributed by atoms with Crippen molar-refractivity contribution in [2.24, 2.45) is 0 Å². The highest BCUT2D eigenvalue weighted by molar-refractivity contribution is 14.1. The first-order valence-corrected chi connectivity index (χ1v) is 4.63. The number of nitrogens with zero attached hydrogens (tertiary/aromatic N) is 1. The number of alkyl halides is 2. The van der Waals surface area contributed by atoms with Gasteiger partial charge in [-0.1, -0.05) is 0 Å². The number of ether oxygens (including phenoxy) is 1. The average Bonchev–Trinajstić information content (AvgIpc) is 2.01. The van der Waals surface area contributed by atoms with Gasteiger partial charge in [-0.25, -0.2) is 13.8 Å². The number of rotatable bonds is 2. The second-order valence-electron chi connectivity index (χ2n) is 2.47. The molecule has 1 heterocycles. The number of methoxy groups -OCH3 is 1. The molecule has 0 radical (unpaired) electrons. The van der Waals surface area contributed by atoms with E-state index >= 15 is 0 Å². The molecule has 0 aliphatic rings. The number of halogens is 3. The molecule has 0 saturated carbocycles. The van der Waals surface area contributed by atoms with Gasteiger partial charge in [0, 0.05) is 9.26 Å². The molecule has 0 saturated heterocycles. The third-order valence-corrected chi connectivity index (χ3v) is 2.41. The van der Waals surface area contributed by atoms with Crippen LogP contribution in [0.5, 0.6) is 5.88 Å². The molecule has 13 heavy (non-hydrogen) atoms. The molecule has 2 nitrogen and oxygen atoms in total. The quantitative estimate of drug-likeness (QED) is 0.783. The fourth-order valence-corrected chi connectivity index (χ4v) is 1.89. The zero-order chi connectivity index (χ0) is 10.0. The van der Waals surface area contributed by atoms with Gasteiger partial charge >= 0.3 is 0 Å². The minimum Gasteiger partial charge on any atom is -0.481 e. The number of hydrogen-bond acceptors (Lipinski definition) is 2. The lowest BCUT2D eigenvalue weighted by Gasteiger charge is -2.09. The van der Waals surface area contributed by atoms with Gasteiger partial charge < -0.3 is 4.74 Å². The lowest BCUT2D eigenvalue weighted by atomic mass is 10.2. The zero-order valence-corrected chi connectivity index (χ0v) is 9.30. The average molecular weight is 299 g/mol.